The third-order valence-electron chi connectivity index (χ3n) is 7.11. The number of nitrogens with zero attached hydrogens (tertiary/aromatic N) is 5. The van der Waals surface area contributed by atoms with Gasteiger partial charge < -0.3 is 29.8 Å². The zero-order valence-corrected chi connectivity index (χ0v) is 19.5. The van der Waals surface area contributed by atoms with Crippen LogP contribution in [0.4, 0.5) is 5.82 Å². The molecule has 1 amide bonds. The van der Waals surface area contributed by atoms with Crippen LogP contribution in [0.1, 0.15) is 29.2 Å². The molecule has 0 aromatic carbocycles. The number of nitrogens with one attached hydrogen (secondary N) is 1. The van der Waals surface area contributed by atoms with Gasteiger partial charge in [0.2, 0.25) is 0 Å². The van der Waals surface area contributed by atoms with Crippen molar-refractivity contribution in [2.75, 3.05) is 33.2 Å². The highest BCUT2D eigenvalue weighted by atomic mass is 16.5. The maximum Gasteiger partial charge on any atom is 0.257 e. The predicted octanol–water partition coefficient (Wildman–Crippen LogP) is 1.77. The lowest BCUT2D eigenvalue weighted by Gasteiger charge is -2.35. The Morgan fingerprint density at radius 3 is 2.80 bits per heavy atom. The van der Waals surface area contributed by atoms with Gasteiger partial charge in [-0.2, -0.15) is 9.61 Å². The van der Waals surface area contributed by atoms with Gasteiger partial charge in [-0.1, -0.05) is 0 Å². The van der Waals surface area contributed by atoms with Crippen molar-refractivity contribution in [3.8, 4) is 22.6 Å². The van der Waals surface area contributed by atoms with Gasteiger partial charge >= 0.3 is 0 Å². The number of amides is 1. The van der Waals surface area contributed by atoms with Gasteiger partial charge in [0.05, 0.1) is 43.3 Å². The number of fused-ring (bicyclic) bond motifs is 2. The molecule has 3 N–H and O–H groups in total. The van der Waals surface area contributed by atoms with E-state index in [9.17, 15) is 4.79 Å². The van der Waals surface area contributed by atoms with Gasteiger partial charge in [0.1, 0.15) is 23.3 Å². The van der Waals surface area contributed by atoms with Crippen molar-refractivity contribution >= 4 is 17.4 Å². The van der Waals surface area contributed by atoms with E-state index in [2.05, 4.69) is 15.0 Å². The van der Waals surface area contributed by atoms with E-state index in [-0.39, 0.29) is 30.2 Å². The maximum absolute atomic E-state index is 13.0. The Balaban J connectivity index is 1.36. The fraction of sp³-hybridized carbons (Fsp3) is 0.417. The van der Waals surface area contributed by atoms with Gasteiger partial charge in [0, 0.05) is 43.8 Å². The van der Waals surface area contributed by atoms with Crippen LogP contribution in [0.3, 0.4) is 0 Å². The van der Waals surface area contributed by atoms with Crippen molar-refractivity contribution in [1.29, 1.82) is 0 Å². The molecule has 4 atom stereocenters. The number of aromatic nitrogens is 5. The van der Waals surface area contributed by atoms with E-state index in [0.717, 1.165) is 29.8 Å². The van der Waals surface area contributed by atoms with Crippen LogP contribution in [-0.4, -0.2) is 75.7 Å². The standard InChI is InChI=1S/C24H27N7O4/c1-33-19-6-5-16(19)29-24(32)15-10-27-31-21(25)8-17(28-23(15)31)14-9-26-22-13(14)4-3-7-30(22)18-11-35-12-20(18)34-2/h3-4,7-10,16,18-20H,5-6,11-12,25H2,1-2H3,(H,29,32)/t16?,18-,19+,20-/m1/s1. The van der Waals surface area contributed by atoms with E-state index in [1.54, 1.807) is 26.5 Å². The zero-order valence-electron chi connectivity index (χ0n) is 19.5. The molecule has 1 saturated carbocycles. The summed E-state index contributed by atoms with van der Waals surface area (Å²) in [6, 6.07) is 5.73. The van der Waals surface area contributed by atoms with Crippen LogP contribution in [0.2, 0.25) is 0 Å². The molecule has 2 aromatic rings. The molecule has 11 nitrogen and oxygen atoms in total. The number of hydrogen-bond acceptors (Lipinski definition) is 8. The molecule has 6 rings (SSSR count). The average Bonchev–Trinajstić information content (AvgIpc) is 3.59. The number of carbonyl (C=O) groups is 1. The highest BCUT2D eigenvalue weighted by Gasteiger charge is 2.34. The fourth-order valence-electron chi connectivity index (χ4n) is 4.98. The molecule has 5 heterocycles. The van der Waals surface area contributed by atoms with Crippen LogP contribution in [-0.2, 0) is 14.2 Å². The number of pyridine rings is 1. The van der Waals surface area contributed by atoms with Crippen molar-refractivity contribution in [3.05, 3.63) is 42.4 Å². The molecule has 35 heavy (non-hydrogen) atoms. The van der Waals surface area contributed by atoms with Crippen molar-refractivity contribution in [2.24, 2.45) is 0 Å². The van der Waals surface area contributed by atoms with Crippen LogP contribution in [0.5, 0.6) is 0 Å². The molecule has 4 aliphatic rings. The second-order valence-corrected chi connectivity index (χ2v) is 8.99. The minimum atomic E-state index is -0.244. The topological polar surface area (TPSA) is 131 Å². The van der Waals surface area contributed by atoms with Gasteiger partial charge in [-0.25, -0.2) is 9.97 Å². The summed E-state index contributed by atoms with van der Waals surface area (Å²) in [6.07, 6.45) is 7.07. The summed E-state index contributed by atoms with van der Waals surface area (Å²) in [5.74, 6) is 0.942. The second-order valence-electron chi connectivity index (χ2n) is 8.99. The van der Waals surface area contributed by atoms with E-state index in [4.69, 9.17) is 29.9 Å². The smallest absolute Gasteiger partial charge is 0.257 e. The first-order chi connectivity index (χ1) is 17.1. The zero-order chi connectivity index (χ0) is 24.1. The molecule has 2 aromatic heterocycles. The Morgan fingerprint density at radius 1 is 1.17 bits per heavy atom. The van der Waals surface area contributed by atoms with Crippen molar-refractivity contribution in [3.63, 3.8) is 0 Å². The van der Waals surface area contributed by atoms with Crippen LogP contribution >= 0.6 is 0 Å². The maximum atomic E-state index is 13.0. The first kappa shape index (κ1) is 22.0. The summed E-state index contributed by atoms with van der Waals surface area (Å²) in [4.78, 5) is 22.5. The number of methoxy groups -OCH3 is 2. The minimum Gasteiger partial charge on any atom is -0.384 e. The lowest BCUT2D eigenvalue weighted by atomic mass is 9.89. The van der Waals surface area contributed by atoms with Crippen molar-refractivity contribution < 1.29 is 19.0 Å². The predicted molar refractivity (Wildman–Crippen MR) is 127 cm³/mol. The Labute approximate surface area is 201 Å². The van der Waals surface area contributed by atoms with Gasteiger partial charge in [0.15, 0.2) is 5.65 Å². The first-order valence-corrected chi connectivity index (χ1v) is 11.6. The summed E-state index contributed by atoms with van der Waals surface area (Å²) in [7, 11) is 3.35. The third-order valence-corrected chi connectivity index (χ3v) is 7.11. The van der Waals surface area contributed by atoms with Crippen molar-refractivity contribution in [1.82, 2.24) is 29.5 Å². The quantitative estimate of drug-likeness (QED) is 0.430. The number of anilines is 1. The Hall–Kier alpha value is -3.54. The van der Waals surface area contributed by atoms with Crippen molar-refractivity contribution in [2.45, 2.75) is 37.1 Å². The average molecular weight is 478 g/mol. The molecular formula is C24H27N7O4. The number of hydrogen-bond donors (Lipinski definition) is 2. The SMILES string of the molecule is CO[C@H]1CCC1NC(=O)c1cnn2c(N)cc(-c3cnc4n([C@@H]5COC[C@H]5OC)cccc3-4)nc12. The van der Waals surface area contributed by atoms with Crippen LogP contribution < -0.4 is 11.1 Å². The molecule has 0 spiro atoms. The van der Waals surface area contributed by atoms with E-state index in [0.29, 0.717) is 35.9 Å². The molecule has 11 heteroatoms. The summed E-state index contributed by atoms with van der Waals surface area (Å²) in [5.41, 5.74) is 9.45. The van der Waals surface area contributed by atoms with Gasteiger partial charge in [-0.05, 0) is 25.0 Å². The van der Waals surface area contributed by atoms with E-state index in [1.807, 2.05) is 18.3 Å². The molecular weight excluding hydrogens is 450 g/mol. The third kappa shape index (κ3) is 3.54. The lowest BCUT2D eigenvalue weighted by Crippen LogP contribution is -2.51. The monoisotopic (exact) mass is 477 g/mol. The van der Waals surface area contributed by atoms with Gasteiger partial charge in [0.25, 0.3) is 5.91 Å². The molecule has 182 valence electrons. The highest BCUT2D eigenvalue weighted by Crippen LogP contribution is 2.36. The largest absolute Gasteiger partial charge is 0.384 e. The first-order valence-electron chi connectivity index (χ1n) is 11.6. The summed E-state index contributed by atoms with van der Waals surface area (Å²) >= 11 is 0. The molecule has 0 radical (unpaired) electrons. The number of rotatable bonds is 6. The fourth-order valence-corrected chi connectivity index (χ4v) is 4.98. The Kier molecular flexibility index (Phi) is 5.39. The van der Waals surface area contributed by atoms with Gasteiger partial charge in [-0.15, -0.1) is 0 Å². The number of carbonyl (C=O) groups excluding carboxylic acids is 1. The van der Waals surface area contributed by atoms with Crippen LogP contribution in [0.15, 0.2) is 36.8 Å². The lowest BCUT2D eigenvalue weighted by molar-refractivity contribution is 0.00732. The van der Waals surface area contributed by atoms with E-state index in [1.165, 1.54) is 10.7 Å². The second kappa shape index (κ2) is 8.59. The summed E-state index contributed by atoms with van der Waals surface area (Å²) < 4.78 is 20.2. The molecule has 1 unspecified atom stereocenters. The number of nitrogens with two attached hydrogens (primary N) is 1. The summed E-state index contributed by atoms with van der Waals surface area (Å²) in [6.45, 7) is 1.10. The molecule has 0 bridgehead atoms. The summed E-state index contributed by atoms with van der Waals surface area (Å²) in [5, 5.41) is 7.31. The normalized spacial score (nSPS) is 24.2. The van der Waals surface area contributed by atoms with E-state index < -0.39 is 0 Å². The number of ether oxygens (including phenoxy) is 3. The van der Waals surface area contributed by atoms with E-state index >= 15 is 0 Å². The number of nitrogen functional groups attached to an aromatic ring is 1. The van der Waals surface area contributed by atoms with Gasteiger partial charge in [-0.3, -0.25) is 4.79 Å². The highest BCUT2D eigenvalue weighted by molar-refractivity contribution is 6.00. The molecule has 3 aliphatic heterocycles. The molecule has 1 aliphatic carbocycles. The molecule has 2 fully saturated rings. The Morgan fingerprint density at radius 2 is 2.03 bits per heavy atom. The Bertz CT molecular complexity index is 1360. The van der Waals surface area contributed by atoms with Crippen LogP contribution in [0.25, 0.3) is 28.3 Å². The minimum absolute atomic E-state index is 0.0165. The van der Waals surface area contributed by atoms with Crippen LogP contribution in [0, 0.1) is 0 Å². The molecule has 1 saturated heterocycles.